The fourth-order valence-corrected chi connectivity index (χ4v) is 1.05. The molecule has 1 aromatic heterocycles. The summed E-state index contributed by atoms with van der Waals surface area (Å²) >= 11 is 1.55. The first-order valence-corrected chi connectivity index (χ1v) is 3.85. The molecule has 54 valence electrons. The van der Waals surface area contributed by atoms with Gasteiger partial charge in [0.2, 0.25) is 5.06 Å². The van der Waals surface area contributed by atoms with E-state index in [9.17, 15) is 0 Å². The van der Waals surface area contributed by atoms with E-state index in [1.54, 1.807) is 17.4 Å². The summed E-state index contributed by atoms with van der Waals surface area (Å²) < 4.78 is 0. The lowest BCUT2D eigenvalue weighted by Gasteiger charge is -1.99. The Balaban J connectivity index is 2.21. The van der Waals surface area contributed by atoms with Gasteiger partial charge in [0.05, 0.1) is 0 Å². The molecular weight excluding hydrogens is 146 g/mol. The molecule has 1 N–H and O–H groups in total. The lowest BCUT2D eigenvalue weighted by Crippen LogP contribution is -2.16. The van der Waals surface area contributed by atoms with E-state index in [0.29, 0.717) is 6.54 Å². The highest BCUT2D eigenvalue weighted by atomic mass is 32.1. The van der Waals surface area contributed by atoms with Gasteiger partial charge in [-0.1, -0.05) is 6.08 Å². The maximum atomic E-state index is 5.08. The lowest BCUT2D eigenvalue weighted by molar-refractivity contribution is 0.216. The van der Waals surface area contributed by atoms with Crippen LogP contribution in [0.1, 0.15) is 0 Å². The molecule has 0 spiro atoms. The number of thiophene rings is 1. The Bertz CT molecular complexity index is 183. The molecule has 0 amide bonds. The molecule has 0 aliphatic rings. The first-order chi connectivity index (χ1) is 4.93. The molecule has 0 radical (unpaired) electrons. The molecule has 0 atom stereocenters. The van der Waals surface area contributed by atoms with Crippen molar-refractivity contribution in [3.63, 3.8) is 0 Å². The van der Waals surface area contributed by atoms with Crippen LogP contribution in [0.3, 0.4) is 0 Å². The van der Waals surface area contributed by atoms with Gasteiger partial charge in [-0.3, -0.25) is 0 Å². The Labute approximate surface area is 64.1 Å². The van der Waals surface area contributed by atoms with Crippen LogP contribution in [0.2, 0.25) is 0 Å². The van der Waals surface area contributed by atoms with E-state index < -0.39 is 0 Å². The molecule has 3 heteroatoms. The smallest absolute Gasteiger partial charge is 0.200 e. The second-order valence-corrected chi connectivity index (χ2v) is 2.58. The van der Waals surface area contributed by atoms with Gasteiger partial charge in [0.1, 0.15) is 0 Å². The zero-order valence-corrected chi connectivity index (χ0v) is 6.36. The third kappa shape index (κ3) is 2.21. The van der Waals surface area contributed by atoms with E-state index in [4.69, 9.17) is 4.84 Å². The van der Waals surface area contributed by atoms with Gasteiger partial charge in [0.25, 0.3) is 0 Å². The monoisotopic (exact) mass is 155 g/mol. The summed E-state index contributed by atoms with van der Waals surface area (Å²) in [4.78, 5) is 5.08. The molecule has 1 heterocycles. The van der Waals surface area contributed by atoms with Crippen LogP contribution in [-0.2, 0) is 0 Å². The standard InChI is InChI=1S/C7H9NOS/c1-2-5-8-9-7-4-3-6-10-7/h2-4,6,8H,1,5H2. The van der Waals surface area contributed by atoms with E-state index in [1.165, 1.54) is 0 Å². The van der Waals surface area contributed by atoms with E-state index in [1.807, 2.05) is 17.5 Å². The van der Waals surface area contributed by atoms with Crippen molar-refractivity contribution < 1.29 is 4.84 Å². The molecule has 10 heavy (non-hydrogen) atoms. The SMILES string of the molecule is C=CCNOc1cccs1. The largest absolute Gasteiger partial charge is 0.397 e. The number of nitrogens with one attached hydrogen (secondary N) is 1. The van der Waals surface area contributed by atoms with E-state index in [2.05, 4.69) is 12.1 Å². The van der Waals surface area contributed by atoms with Crippen LogP contribution >= 0.6 is 11.3 Å². The predicted octanol–water partition coefficient (Wildman–Crippen LogP) is 1.82. The first-order valence-electron chi connectivity index (χ1n) is 2.97. The van der Waals surface area contributed by atoms with Crippen molar-refractivity contribution in [3.05, 3.63) is 30.2 Å². The Morgan fingerprint density at radius 3 is 3.30 bits per heavy atom. The van der Waals surface area contributed by atoms with Gasteiger partial charge in [-0.15, -0.1) is 17.9 Å². The Kier molecular flexibility index (Phi) is 2.99. The van der Waals surface area contributed by atoms with Crippen LogP contribution < -0.4 is 10.3 Å². The molecule has 0 aliphatic carbocycles. The van der Waals surface area contributed by atoms with Gasteiger partial charge in [0, 0.05) is 6.54 Å². The average molecular weight is 155 g/mol. The molecule has 2 nitrogen and oxygen atoms in total. The molecule has 0 unspecified atom stereocenters. The summed E-state index contributed by atoms with van der Waals surface area (Å²) in [6.45, 7) is 4.21. The summed E-state index contributed by atoms with van der Waals surface area (Å²) in [6.07, 6.45) is 1.74. The molecule has 1 rings (SSSR count). The van der Waals surface area contributed by atoms with Crippen LogP contribution in [-0.4, -0.2) is 6.54 Å². The third-order valence-corrected chi connectivity index (χ3v) is 1.64. The van der Waals surface area contributed by atoms with Gasteiger partial charge >= 0.3 is 0 Å². The van der Waals surface area contributed by atoms with Crippen LogP contribution in [0, 0.1) is 0 Å². The summed E-state index contributed by atoms with van der Waals surface area (Å²) in [5, 5.41) is 2.84. The Morgan fingerprint density at radius 1 is 1.80 bits per heavy atom. The highest BCUT2D eigenvalue weighted by molar-refractivity contribution is 7.11. The zero-order valence-electron chi connectivity index (χ0n) is 5.54. The number of hydroxylamine groups is 1. The minimum Gasteiger partial charge on any atom is -0.397 e. The zero-order chi connectivity index (χ0) is 7.23. The van der Waals surface area contributed by atoms with Crippen molar-refractivity contribution in [2.24, 2.45) is 0 Å². The first kappa shape index (κ1) is 7.31. The summed E-state index contributed by atoms with van der Waals surface area (Å²) in [5.74, 6) is 0. The molecule has 0 saturated carbocycles. The number of hydrogen-bond acceptors (Lipinski definition) is 3. The van der Waals surface area contributed by atoms with Gasteiger partial charge < -0.3 is 4.84 Å². The van der Waals surface area contributed by atoms with Crippen LogP contribution in [0.25, 0.3) is 0 Å². The Morgan fingerprint density at radius 2 is 2.70 bits per heavy atom. The molecule has 0 fully saturated rings. The molecular formula is C7H9NOS. The van der Waals surface area contributed by atoms with Gasteiger partial charge in [-0.25, -0.2) is 0 Å². The summed E-state index contributed by atoms with van der Waals surface area (Å²) in [6, 6.07) is 3.84. The molecule has 0 aliphatic heterocycles. The van der Waals surface area contributed by atoms with Crippen molar-refractivity contribution in [1.29, 1.82) is 0 Å². The van der Waals surface area contributed by atoms with E-state index >= 15 is 0 Å². The lowest BCUT2D eigenvalue weighted by atomic mass is 10.6. The number of rotatable bonds is 4. The fraction of sp³-hybridized carbons (Fsp3) is 0.143. The topological polar surface area (TPSA) is 21.3 Å². The third-order valence-electron chi connectivity index (χ3n) is 0.896. The van der Waals surface area contributed by atoms with E-state index in [-0.39, 0.29) is 0 Å². The van der Waals surface area contributed by atoms with Gasteiger partial charge in [-0.05, 0) is 17.5 Å². The van der Waals surface area contributed by atoms with Crippen LogP contribution in [0.15, 0.2) is 30.2 Å². The Hall–Kier alpha value is -0.800. The maximum Gasteiger partial charge on any atom is 0.200 e. The van der Waals surface area contributed by atoms with Crippen molar-refractivity contribution >= 4 is 11.3 Å². The second kappa shape index (κ2) is 4.09. The van der Waals surface area contributed by atoms with Crippen molar-refractivity contribution in [2.75, 3.05) is 6.54 Å². The highest BCUT2D eigenvalue weighted by Crippen LogP contribution is 2.16. The molecule has 1 aromatic rings. The molecule has 0 aromatic carbocycles. The summed E-state index contributed by atoms with van der Waals surface area (Å²) in [5.41, 5.74) is 2.73. The van der Waals surface area contributed by atoms with E-state index in [0.717, 1.165) is 5.06 Å². The van der Waals surface area contributed by atoms with Crippen LogP contribution in [0.5, 0.6) is 5.06 Å². The maximum absolute atomic E-state index is 5.08. The van der Waals surface area contributed by atoms with Gasteiger partial charge in [0.15, 0.2) is 0 Å². The normalized spacial score (nSPS) is 9.20. The number of hydrogen-bond donors (Lipinski definition) is 1. The van der Waals surface area contributed by atoms with Crippen molar-refractivity contribution in [3.8, 4) is 5.06 Å². The minimum atomic E-state index is 0.665. The second-order valence-electron chi connectivity index (χ2n) is 1.67. The van der Waals surface area contributed by atoms with Crippen LogP contribution in [0.4, 0.5) is 0 Å². The highest BCUT2D eigenvalue weighted by Gasteiger charge is 1.89. The minimum absolute atomic E-state index is 0.665. The molecule has 0 bridgehead atoms. The van der Waals surface area contributed by atoms with Crippen molar-refractivity contribution in [2.45, 2.75) is 0 Å². The quantitative estimate of drug-likeness (QED) is 0.407. The fourth-order valence-electron chi connectivity index (χ4n) is 0.493. The predicted molar refractivity (Wildman–Crippen MR) is 43.1 cm³/mol. The molecule has 0 saturated heterocycles. The summed E-state index contributed by atoms with van der Waals surface area (Å²) in [7, 11) is 0. The van der Waals surface area contributed by atoms with Crippen molar-refractivity contribution in [1.82, 2.24) is 5.48 Å². The van der Waals surface area contributed by atoms with Gasteiger partial charge in [-0.2, -0.15) is 5.48 Å². The average Bonchev–Trinajstić information content (AvgIpc) is 2.41.